The lowest BCUT2D eigenvalue weighted by Crippen LogP contribution is -2.48. The first-order valence-electron chi connectivity index (χ1n) is 8.71. The number of nitrogens with two attached hydrogens (primary N) is 2. The first-order valence-corrected chi connectivity index (χ1v) is 8.71. The summed E-state index contributed by atoms with van der Waals surface area (Å²) in [5.41, 5.74) is 13.1. The number of carbonyl (C=O) groups excluding carboxylic acids is 2. The molecule has 2 aliphatic carbocycles. The van der Waals surface area contributed by atoms with Crippen molar-refractivity contribution in [1.29, 1.82) is 0 Å². The van der Waals surface area contributed by atoms with Gasteiger partial charge in [-0.25, -0.2) is 4.79 Å². The van der Waals surface area contributed by atoms with Crippen molar-refractivity contribution in [2.45, 2.75) is 44.7 Å². The lowest BCUT2D eigenvalue weighted by Gasteiger charge is -2.43. The van der Waals surface area contributed by atoms with Gasteiger partial charge in [-0.15, -0.1) is 0 Å². The predicted octanol–water partition coefficient (Wildman–Crippen LogP) is 1.95. The van der Waals surface area contributed by atoms with E-state index in [1.54, 1.807) is 0 Å². The van der Waals surface area contributed by atoms with Crippen molar-refractivity contribution in [3.05, 3.63) is 29.8 Å². The van der Waals surface area contributed by atoms with Crippen LogP contribution in [0.3, 0.4) is 0 Å². The van der Waals surface area contributed by atoms with Crippen LogP contribution in [0.2, 0.25) is 0 Å². The molecule has 3 rings (SSSR count). The van der Waals surface area contributed by atoms with Gasteiger partial charge in [0.25, 0.3) is 0 Å². The molecule has 0 spiro atoms. The van der Waals surface area contributed by atoms with Crippen LogP contribution in [0.5, 0.6) is 0 Å². The molecule has 0 radical (unpaired) electrons. The molecular weight excluding hydrogens is 304 g/mol. The van der Waals surface area contributed by atoms with Crippen molar-refractivity contribution in [2.75, 3.05) is 5.32 Å². The molecule has 3 amide bonds. The van der Waals surface area contributed by atoms with Crippen LogP contribution >= 0.6 is 0 Å². The van der Waals surface area contributed by atoms with Gasteiger partial charge < -0.3 is 22.1 Å². The minimum atomic E-state index is -0.548. The fraction of sp³-hybridized carbons (Fsp3) is 0.556. The smallest absolute Gasteiger partial charge is 0.312 e. The number of hydrogen-bond donors (Lipinski definition) is 4. The zero-order chi connectivity index (χ0) is 17.1. The summed E-state index contributed by atoms with van der Waals surface area (Å²) in [6.07, 6.45) is 5.37. The highest BCUT2D eigenvalue weighted by Gasteiger charge is 2.40. The monoisotopic (exact) mass is 330 g/mol. The Morgan fingerprint density at radius 1 is 1.08 bits per heavy atom. The van der Waals surface area contributed by atoms with Gasteiger partial charge in [0.05, 0.1) is 0 Å². The van der Waals surface area contributed by atoms with E-state index in [0.717, 1.165) is 36.9 Å². The number of anilines is 1. The quantitative estimate of drug-likeness (QED) is 0.677. The van der Waals surface area contributed by atoms with E-state index in [4.69, 9.17) is 11.5 Å². The van der Waals surface area contributed by atoms with E-state index in [1.165, 1.54) is 6.42 Å². The molecule has 0 saturated heterocycles. The van der Waals surface area contributed by atoms with Crippen LogP contribution < -0.4 is 22.1 Å². The van der Waals surface area contributed by atoms with E-state index >= 15 is 0 Å². The molecule has 1 aromatic carbocycles. The second-order valence-electron chi connectivity index (χ2n) is 7.10. The highest BCUT2D eigenvalue weighted by Crippen LogP contribution is 2.42. The molecule has 24 heavy (non-hydrogen) atoms. The van der Waals surface area contributed by atoms with Crippen molar-refractivity contribution >= 4 is 17.6 Å². The first kappa shape index (κ1) is 16.8. The van der Waals surface area contributed by atoms with Gasteiger partial charge in [-0.3, -0.25) is 4.79 Å². The molecule has 6 heteroatoms. The normalized spacial score (nSPS) is 28.9. The maximum Gasteiger partial charge on any atom is 0.312 e. The Bertz CT molecular complexity index is 588. The number of fused-ring (bicyclic) bond motifs is 2. The van der Waals surface area contributed by atoms with Gasteiger partial charge in [0.15, 0.2) is 0 Å². The molecular formula is C18H26N4O2. The molecule has 0 aliphatic heterocycles. The minimum Gasteiger partial charge on any atom is -0.352 e. The highest BCUT2D eigenvalue weighted by molar-refractivity contribution is 5.92. The highest BCUT2D eigenvalue weighted by atomic mass is 16.2. The molecule has 2 saturated carbocycles. The second kappa shape index (κ2) is 7.21. The molecule has 2 bridgehead atoms. The summed E-state index contributed by atoms with van der Waals surface area (Å²) < 4.78 is 0. The lowest BCUT2D eigenvalue weighted by atomic mass is 9.65. The molecule has 130 valence electrons. The van der Waals surface area contributed by atoms with E-state index in [2.05, 4.69) is 10.6 Å². The largest absolute Gasteiger partial charge is 0.352 e. The third kappa shape index (κ3) is 3.87. The lowest BCUT2D eigenvalue weighted by molar-refractivity contribution is -0.122. The zero-order valence-electron chi connectivity index (χ0n) is 13.8. The minimum absolute atomic E-state index is 0.0660. The Kier molecular flexibility index (Phi) is 5.04. The molecule has 2 fully saturated rings. The first-order chi connectivity index (χ1) is 11.5. The zero-order valence-corrected chi connectivity index (χ0v) is 13.8. The number of amides is 3. The van der Waals surface area contributed by atoms with Crippen molar-refractivity contribution in [3.8, 4) is 0 Å². The number of benzene rings is 1. The van der Waals surface area contributed by atoms with Crippen LogP contribution in [-0.4, -0.2) is 18.0 Å². The van der Waals surface area contributed by atoms with E-state index in [0.29, 0.717) is 18.4 Å². The van der Waals surface area contributed by atoms with Crippen molar-refractivity contribution < 1.29 is 9.59 Å². The molecule has 2 atom stereocenters. The molecule has 0 heterocycles. The van der Waals surface area contributed by atoms with Crippen LogP contribution in [0, 0.1) is 17.8 Å². The fourth-order valence-electron chi connectivity index (χ4n) is 4.14. The topological polar surface area (TPSA) is 110 Å². The third-order valence-corrected chi connectivity index (χ3v) is 5.47. The fourth-order valence-corrected chi connectivity index (χ4v) is 4.14. The average molecular weight is 330 g/mol. The van der Waals surface area contributed by atoms with Gasteiger partial charge in [0, 0.05) is 24.2 Å². The van der Waals surface area contributed by atoms with Crippen molar-refractivity contribution in [1.82, 2.24) is 5.32 Å². The Morgan fingerprint density at radius 2 is 1.71 bits per heavy atom. The predicted molar refractivity (Wildman–Crippen MR) is 93.0 cm³/mol. The number of rotatable bonds is 4. The summed E-state index contributed by atoms with van der Waals surface area (Å²) in [4.78, 5) is 23.3. The average Bonchev–Trinajstić information content (AvgIpc) is 2.53. The molecule has 2 aliphatic rings. The van der Waals surface area contributed by atoms with Gasteiger partial charge in [-0.1, -0.05) is 18.6 Å². The van der Waals surface area contributed by atoms with Gasteiger partial charge >= 0.3 is 6.03 Å². The number of hydrogen-bond acceptors (Lipinski definition) is 3. The van der Waals surface area contributed by atoms with Gasteiger partial charge in [-0.2, -0.15) is 0 Å². The second-order valence-corrected chi connectivity index (χ2v) is 7.10. The number of nitrogens with one attached hydrogen (secondary N) is 2. The number of carbonyl (C=O) groups is 2. The van der Waals surface area contributed by atoms with Crippen LogP contribution in [0.15, 0.2) is 24.3 Å². The summed E-state index contributed by atoms with van der Waals surface area (Å²) in [7, 11) is 0. The van der Waals surface area contributed by atoms with Gasteiger partial charge in [-0.05, 0) is 55.2 Å². The maximum absolute atomic E-state index is 12.6. The van der Waals surface area contributed by atoms with Crippen LogP contribution in [0.25, 0.3) is 0 Å². The SMILES string of the molecule is NC(=O)NCc1ccc(NC(=O)C2CC3CCCC(C2)C3N)cc1. The Labute approximate surface area is 142 Å². The van der Waals surface area contributed by atoms with Gasteiger partial charge in [0.1, 0.15) is 0 Å². The molecule has 6 N–H and O–H groups in total. The van der Waals surface area contributed by atoms with Crippen LogP contribution in [0.1, 0.15) is 37.7 Å². The summed E-state index contributed by atoms with van der Waals surface area (Å²) in [5.74, 6) is 1.16. The van der Waals surface area contributed by atoms with Crippen LogP contribution in [-0.2, 0) is 11.3 Å². The third-order valence-electron chi connectivity index (χ3n) is 5.47. The van der Waals surface area contributed by atoms with E-state index < -0.39 is 6.03 Å². The molecule has 2 unspecified atom stereocenters. The van der Waals surface area contributed by atoms with E-state index in [1.807, 2.05) is 24.3 Å². The van der Waals surface area contributed by atoms with E-state index in [-0.39, 0.29) is 17.9 Å². The Balaban J connectivity index is 1.56. The summed E-state index contributed by atoms with van der Waals surface area (Å²) in [6.45, 7) is 0.382. The van der Waals surface area contributed by atoms with Gasteiger partial charge in [0.2, 0.25) is 5.91 Å². The Hall–Kier alpha value is -2.08. The van der Waals surface area contributed by atoms with Crippen molar-refractivity contribution in [2.24, 2.45) is 29.2 Å². The maximum atomic E-state index is 12.6. The van der Waals surface area contributed by atoms with E-state index in [9.17, 15) is 9.59 Å². The Morgan fingerprint density at radius 3 is 2.29 bits per heavy atom. The standard InChI is InChI=1S/C18H26N4O2/c19-16-12-2-1-3-13(16)9-14(8-12)17(23)22-15-6-4-11(5-7-15)10-21-18(20)24/h4-7,12-14,16H,1-3,8-10,19H2,(H,22,23)(H3,20,21,24). The number of urea groups is 1. The summed E-state index contributed by atoms with van der Waals surface area (Å²) in [5, 5.41) is 5.56. The number of primary amides is 1. The molecule has 6 nitrogen and oxygen atoms in total. The summed E-state index contributed by atoms with van der Waals surface area (Å²) >= 11 is 0. The van der Waals surface area contributed by atoms with Crippen molar-refractivity contribution in [3.63, 3.8) is 0 Å². The molecule has 1 aromatic rings. The summed E-state index contributed by atoms with van der Waals surface area (Å²) in [6, 6.07) is 7.18. The molecule has 0 aromatic heterocycles. The van der Waals surface area contributed by atoms with Crippen LogP contribution in [0.4, 0.5) is 10.5 Å².